The zero-order valence-corrected chi connectivity index (χ0v) is 20.4. The number of aliphatic hydroxyl groups is 1. The van der Waals surface area contributed by atoms with Crippen LogP contribution in [0.25, 0.3) is 0 Å². The molecule has 7 heteroatoms. The van der Waals surface area contributed by atoms with Crippen LogP contribution in [0.5, 0.6) is 34.5 Å². The molecule has 0 saturated carbocycles. The molecule has 0 aromatic heterocycles. The van der Waals surface area contributed by atoms with Crippen molar-refractivity contribution in [3.63, 3.8) is 0 Å². The minimum Gasteiger partial charge on any atom is -0.493 e. The van der Waals surface area contributed by atoms with E-state index in [9.17, 15) is 5.11 Å². The van der Waals surface area contributed by atoms with E-state index in [1.807, 2.05) is 36.4 Å². The van der Waals surface area contributed by atoms with Crippen molar-refractivity contribution in [1.29, 1.82) is 0 Å². The number of methoxy groups -OCH3 is 6. The minimum atomic E-state index is -0.914. The number of benzene rings is 3. The van der Waals surface area contributed by atoms with Gasteiger partial charge in [0.25, 0.3) is 0 Å². The largest absolute Gasteiger partial charge is 0.493 e. The van der Waals surface area contributed by atoms with E-state index in [-0.39, 0.29) is 0 Å². The Balaban J connectivity index is 2.04. The highest BCUT2D eigenvalue weighted by molar-refractivity contribution is 5.59. The van der Waals surface area contributed by atoms with Gasteiger partial charge in [0.05, 0.1) is 42.7 Å². The second-order valence-corrected chi connectivity index (χ2v) is 8.04. The summed E-state index contributed by atoms with van der Waals surface area (Å²) in [6, 6.07) is 11.5. The Kier molecular flexibility index (Phi) is 6.75. The molecule has 0 fully saturated rings. The van der Waals surface area contributed by atoms with Crippen LogP contribution in [-0.4, -0.2) is 47.8 Å². The molecular weight excluding hydrogens is 436 g/mol. The summed E-state index contributed by atoms with van der Waals surface area (Å²) in [5.74, 6) is 3.60. The fourth-order valence-electron chi connectivity index (χ4n) is 4.56. The van der Waals surface area contributed by atoms with Gasteiger partial charge in [0.1, 0.15) is 6.10 Å². The summed E-state index contributed by atoms with van der Waals surface area (Å²) in [6.07, 6.45) is 0.206. The summed E-state index contributed by atoms with van der Waals surface area (Å²) in [5, 5.41) is 11.6. The highest BCUT2D eigenvalue weighted by Gasteiger charge is 2.26. The van der Waals surface area contributed by atoms with Crippen LogP contribution in [0.3, 0.4) is 0 Å². The van der Waals surface area contributed by atoms with E-state index in [0.29, 0.717) is 47.3 Å². The smallest absolute Gasteiger partial charge is 0.161 e. The van der Waals surface area contributed by atoms with Crippen molar-refractivity contribution in [3.8, 4) is 34.5 Å². The molecule has 180 valence electrons. The Labute approximate surface area is 199 Å². The van der Waals surface area contributed by atoms with Crippen LogP contribution in [0.2, 0.25) is 0 Å². The van der Waals surface area contributed by atoms with Crippen LogP contribution in [0.15, 0.2) is 36.4 Å². The van der Waals surface area contributed by atoms with Crippen LogP contribution < -0.4 is 28.4 Å². The topological polar surface area (TPSA) is 75.6 Å². The third-order valence-electron chi connectivity index (χ3n) is 6.35. The molecular formula is C27H30O7. The first-order valence-corrected chi connectivity index (χ1v) is 10.9. The van der Waals surface area contributed by atoms with E-state index in [2.05, 4.69) is 0 Å². The first kappa shape index (κ1) is 23.6. The van der Waals surface area contributed by atoms with E-state index >= 15 is 0 Å². The SMILES string of the molecule is COc1cc2c(cc1OC)Cc1cc(OC)c(OC)cc1C(O)c1cc(OC)c(OC)cc1C2. The van der Waals surface area contributed by atoms with E-state index in [1.165, 1.54) is 0 Å². The third-order valence-corrected chi connectivity index (χ3v) is 6.35. The summed E-state index contributed by atoms with van der Waals surface area (Å²) >= 11 is 0. The summed E-state index contributed by atoms with van der Waals surface area (Å²) in [7, 11) is 9.61. The molecule has 0 spiro atoms. The Hall–Kier alpha value is -3.58. The van der Waals surface area contributed by atoms with Crippen molar-refractivity contribution in [1.82, 2.24) is 0 Å². The molecule has 0 atom stereocenters. The monoisotopic (exact) mass is 466 g/mol. The van der Waals surface area contributed by atoms with Crippen LogP contribution >= 0.6 is 0 Å². The van der Waals surface area contributed by atoms with Gasteiger partial charge in [-0.1, -0.05) is 0 Å². The van der Waals surface area contributed by atoms with Gasteiger partial charge in [0.2, 0.25) is 0 Å². The van der Waals surface area contributed by atoms with Gasteiger partial charge in [0, 0.05) is 0 Å². The number of fused-ring (bicyclic) bond motifs is 3. The molecule has 0 bridgehead atoms. The van der Waals surface area contributed by atoms with Crippen molar-refractivity contribution in [2.75, 3.05) is 42.7 Å². The predicted octanol–water partition coefficient (Wildman–Crippen LogP) is 4.31. The standard InChI is InChI=1S/C27H30O7/c1-29-21-9-15-7-17-11-23(31-3)25(33-5)13-19(17)27(28)20-14-26(34-6)24(32-4)12-18(20)8-16(15)10-22(21)30-2/h9-14,27-28H,7-8H2,1-6H3. The molecule has 4 rings (SSSR count). The third kappa shape index (κ3) is 4.07. The molecule has 7 nitrogen and oxygen atoms in total. The lowest BCUT2D eigenvalue weighted by Gasteiger charge is -2.21. The highest BCUT2D eigenvalue weighted by atomic mass is 16.5. The molecule has 34 heavy (non-hydrogen) atoms. The van der Waals surface area contributed by atoms with Crippen molar-refractivity contribution in [2.45, 2.75) is 18.9 Å². The second kappa shape index (κ2) is 9.73. The van der Waals surface area contributed by atoms with E-state index in [4.69, 9.17) is 28.4 Å². The van der Waals surface area contributed by atoms with Crippen molar-refractivity contribution < 1.29 is 33.5 Å². The van der Waals surface area contributed by atoms with Gasteiger partial charge in [0.15, 0.2) is 34.5 Å². The van der Waals surface area contributed by atoms with Gasteiger partial charge >= 0.3 is 0 Å². The molecule has 1 N–H and O–H groups in total. The number of hydrogen-bond donors (Lipinski definition) is 1. The maximum absolute atomic E-state index is 11.6. The van der Waals surface area contributed by atoms with Gasteiger partial charge in [-0.15, -0.1) is 0 Å². The lowest BCUT2D eigenvalue weighted by Crippen LogP contribution is -2.08. The van der Waals surface area contributed by atoms with E-state index in [1.54, 1.807) is 42.7 Å². The maximum atomic E-state index is 11.6. The highest BCUT2D eigenvalue weighted by Crippen LogP contribution is 2.43. The average Bonchev–Trinajstić information content (AvgIpc) is 2.91. The Bertz CT molecular complexity index is 1110. The summed E-state index contributed by atoms with van der Waals surface area (Å²) in [4.78, 5) is 0. The van der Waals surface area contributed by atoms with Crippen molar-refractivity contribution in [3.05, 3.63) is 69.8 Å². The van der Waals surface area contributed by atoms with Crippen LogP contribution in [-0.2, 0) is 12.8 Å². The molecule has 0 aliphatic heterocycles. The minimum absolute atomic E-state index is 0.550. The molecule has 0 amide bonds. The van der Waals surface area contributed by atoms with Gasteiger partial charge in [-0.2, -0.15) is 0 Å². The van der Waals surface area contributed by atoms with Gasteiger partial charge in [-0.3, -0.25) is 0 Å². The Morgan fingerprint density at radius 3 is 1.03 bits per heavy atom. The summed E-state index contributed by atoms with van der Waals surface area (Å²) in [6.45, 7) is 0. The number of hydrogen-bond acceptors (Lipinski definition) is 7. The normalized spacial score (nSPS) is 12.8. The Morgan fingerprint density at radius 1 is 0.471 bits per heavy atom. The maximum Gasteiger partial charge on any atom is 0.161 e. The number of ether oxygens (including phenoxy) is 6. The first-order chi connectivity index (χ1) is 16.5. The van der Waals surface area contributed by atoms with Crippen LogP contribution in [0.1, 0.15) is 39.5 Å². The fraction of sp³-hybridized carbons (Fsp3) is 0.333. The lowest BCUT2D eigenvalue weighted by molar-refractivity contribution is 0.216. The molecule has 0 saturated heterocycles. The Morgan fingerprint density at radius 2 is 0.735 bits per heavy atom. The molecule has 0 heterocycles. The van der Waals surface area contributed by atoms with Gasteiger partial charge in [-0.25, -0.2) is 0 Å². The zero-order chi connectivity index (χ0) is 24.4. The van der Waals surface area contributed by atoms with Gasteiger partial charge < -0.3 is 33.5 Å². The molecule has 3 aromatic rings. The molecule has 0 radical (unpaired) electrons. The summed E-state index contributed by atoms with van der Waals surface area (Å²) in [5.41, 5.74) is 5.41. The van der Waals surface area contributed by atoms with Crippen molar-refractivity contribution >= 4 is 0 Å². The molecule has 0 unspecified atom stereocenters. The van der Waals surface area contributed by atoms with Crippen LogP contribution in [0, 0.1) is 0 Å². The second-order valence-electron chi connectivity index (χ2n) is 8.04. The van der Waals surface area contributed by atoms with E-state index < -0.39 is 6.10 Å². The quantitative estimate of drug-likeness (QED) is 0.580. The zero-order valence-electron chi connectivity index (χ0n) is 20.4. The predicted molar refractivity (Wildman–Crippen MR) is 128 cm³/mol. The lowest BCUT2D eigenvalue weighted by atomic mass is 9.91. The molecule has 3 aromatic carbocycles. The van der Waals surface area contributed by atoms with Crippen molar-refractivity contribution in [2.24, 2.45) is 0 Å². The fourth-order valence-corrected chi connectivity index (χ4v) is 4.56. The number of rotatable bonds is 6. The number of aliphatic hydroxyl groups excluding tert-OH is 1. The first-order valence-electron chi connectivity index (χ1n) is 10.9. The summed E-state index contributed by atoms with van der Waals surface area (Å²) < 4.78 is 33.4. The van der Waals surface area contributed by atoms with Gasteiger partial charge in [-0.05, 0) is 82.6 Å². The molecule has 1 aliphatic carbocycles. The van der Waals surface area contributed by atoms with Crippen LogP contribution in [0.4, 0.5) is 0 Å². The average molecular weight is 467 g/mol. The van der Waals surface area contributed by atoms with E-state index in [0.717, 1.165) is 33.4 Å². The molecule has 1 aliphatic rings.